The van der Waals surface area contributed by atoms with Crippen molar-refractivity contribution in [1.29, 1.82) is 0 Å². The number of hydrogen-bond donors (Lipinski definition) is 0. The number of halogens is 3. The predicted molar refractivity (Wildman–Crippen MR) is 132 cm³/mol. The molecule has 2 aromatic heterocycles. The molecule has 0 aliphatic carbocycles. The first-order chi connectivity index (χ1) is 17.8. The molecule has 0 fully saturated rings. The Labute approximate surface area is 212 Å². The third-order valence-corrected chi connectivity index (χ3v) is 7.24. The van der Waals surface area contributed by atoms with E-state index in [0.717, 1.165) is 28.9 Å². The van der Waals surface area contributed by atoms with Gasteiger partial charge in [0.25, 0.3) is 5.91 Å². The Hall–Kier alpha value is -3.95. The average Bonchev–Trinajstić information content (AvgIpc) is 3.53. The Morgan fingerprint density at radius 1 is 1.05 bits per heavy atom. The van der Waals surface area contributed by atoms with Crippen LogP contribution in [0, 0.1) is 24.4 Å². The molecule has 1 amide bonds. The van der Waals surface area contributed by atoms with Crippen LogP contribution in [0.5, 0.6) is 0 Å². The summed E-state index contributed by atoms with van der Waals surface area (Å²) in [5, 5.41) is 12.4. The van der Waals surface area contributed by atoms with Gasteiger partial charge in [-0.25, -0.2) is 13.2 Å². The summed E-state index contributed by atoms with van der Waals surface area (Å²) in [6.07, 6.45) is 4.91. The van der Waals surface area contributed by atoms with Crippen LogP contribution in [0.2, 0.25) is 0 Å². The molecule has 0 bridgehead atoms. The quantitative estimate of drug-likeness (QED) is 0.342. The van der Waals surface area contributed by atoms with Crippen molar-refractivity contribution in [2.24, 2.45) is 7.05 Å². The highest BCUT2D eigenvalue weighted by atomic mass is 19.2. The second-order valence-electron chi connectivity index (χ2n) is 9.31. The van der Waals surface area contributed by atoms with Gasteiger partial charge in [0.05, 0.1) is 23.1 Å². The van der Waals surface area contributed by atoms with Crippen molar-refractivity contribution >= 4 is 5.91 Å². The van der Waals surface area contributed by atoms with Gasteiger partial charge in [-0.2, -0.15) is 5.10 Å². The van der Waals surface area contributed by atoms with Crippen molar-refractivity contribution in [1.82, 2.24) is 29.4 Å². The van der Waals surface area contributed by atoms with Crippen molar-refractivity contribution in [3.05, 3.63) is 82.8 Å². The molecule has 2 unspecified atom stereocenters. The van der Waals surface area contributed by atoms with Crippen LogP contribution < -0.4 is 0 Å². The topological polar surface area (TPSA) is 68.8 Å². The Balaban J connectivity index is 1.60. The minimum Gasteiger partial charge on any atom is -0.327 e. The number of fused-ring (bicyclic) bond motifs is 1. The van der Waals surface area contributed by atoms with Crippen molar-refractivity contribution in [3.63, 3.8) is 0 Å². The standard InChI is InChI=1S/C27H27F3N6O/c1-5-17-12-19-25(33-34(4)26(19)16-10-20(28)24(30)21(29)11-16)22(6-2)36(17)27(37)18-8-7-9-23(15(18)3)35-13-31-32-14-35/h7-11,13-14,17,22H,5-6,12H2,1-4H3. The molecule has 1 aliphatic rings. The fraction of sp³-hybridized carbons (Fsp3) is 0.333. The lowest BCUT2D eigenvalue weighted by Gasteiger charge is -2.41. The van der Waals surface area contributed by atoms with Crippen LogP contribution >= 0.6 is 0 Å². The van der Waals surface area contributed by atoms with Gasteiger partial charge in [-0.05, 0) is 56.0 Å². The number of hydrogen-bond acceptors (Lipinski definition) is 4. The van der Waals surface area contributed by atoms with E-state index in [1.165, 1.54) is 0 Å². The van der Waals surface area contributed by atoms with E-state index in [9.17, 15) is 18.0 Å². The zero-order valence-electron chi connectivity index (χ0n) is 21.0. The van der Waals surface area contributed by atoms with E-state index in [4.69, 9.17) is 5.10 Å². The van der Waals surface area contributed by atoms with Crippen LogP contribution in [0.1, 0.15) is 59.9 Å². The summed E-state index contributed by atoms with van der Waals surface area (Å²) in [4.78, 5) is 16.0. The Morgan fingerprint density at radius 3 is 2.35 bits per heavy atom. The molecule has 4 aromatic rings. The maximum atomic E-state index is 14.1. The molecule has 0 N–H and O–H groups in total. The molecule has 0 saturated carbocycles. The van der Waals surface area contributed by atoms with Crippen molar-refractivity contribution in [2.45, 2.75) is 52.1 Å². The van der Waals surface area contributed by atoms with E-state index >= 15 is 0 Å². The van der Waals surface area contributed by atoms with Gasteiger partial charge in [-0.1, -0.05) is 19.9 Å². The van der Waals surface area contributed by atoms with E-state index in [1.807, 2.05) is 43.9 Å². The largest absolute Gasteiger partial charge is 0.327 e. The van der Waals surface area contributed by atoms with Crippen LogP contribution in [-0.4, -0.2) is 41.4 Å². The number of nitrogens with zero attached hydrogens (tertiary/aromatic N) is 6. The minimum absolute atomic E-state index is 0.108. The van der Waals surface area contributed by atoms with Gasteiger partial charge in [0.15, 0.2) is 17.5 Å². The maximum Gasteiger partial charge on any atom is 0.255 e. The Bertz CT molecular complexity index is 1460. The summed E-state index contributed by atoms with van der Waals surface area (Å²) in [6, 6.07) is 7.04. The third kappa shape index (κ3) is 4.00. The monoisotopic (exact) mass is 508 g/mol. The second-order valence-corrected chi connectivity index (χ2v) is 9.31. The summed E-state index contributed by atoms with van der Waals surface area (Å²) in [7, 11) is 1.69. The fourth-order valence-electron chi connectivity index (χ4n) is 5.47. The van der Waals surface area contributed by atoms with Crippen molar-refractivity contribution in [2.75, 3.05) is 0 Å². The highest BCUT2D eigenvalue weighted by Gasteiger charge is 2.40. The number of carbonyl (C=O) groups is 1. The molecule has 37 heavy (non-hydrogen) atoms. The van der Waals surface area contributed by atoms with Crippen molar-refractivity contribution in [3.8, 4) is 16.9 Å². The first kappa shape index (κ1) is 24.7. The van der Waals surface area contributed by atoms with Crippen LogP contribution in [0.4, 0.5) is 13.2 Å². The molecule has 10 heteroatoms. The molecule has 192 valence electrons. The van der Waals surface area contributed by atoms with Crippen LogP contribution in [0.25, 0.3) is 16.9 Å². The molecule has 2 atom stereocenters. The van der Waals surface area contributed by atoms with Gasteiger partial charge < -0.3 is 4.90 Å². The number of aryl methyl sites for hydroxylation is 1. The fourth-order valence-corrected chi connectivity index (χ4v) is 5.47. The van der Waals surface area contributed by atoms with Gasteiger partial charge in [0.2, 0.25) is 0 Å². The van der Waals surface area contributed by atoms with E-state index in [0.29, 0.717) is 36.2 Å². The predicted octanol–water partition coefficient (Wildman–Crippen LogP) is 5.32. The van der Waals surface area contributed by atoms with Gasteiger partial charge in [-0.15, -0.1) is 10.2 Å². The molecule has 0 spiro atoms. The lowest BCUT2D eigenvalue weighted by atomic mass is 9.87. The van der Waals surface area contributed by atoms with Crippen molar-refractivity contribution < 1.29 is 18.0 Å². The zero-order chi connectivity index (χ0) is 26.4. The summed E-state index contributed by atoms with van der Waals surface area (Å²) in [5.41, 5.74) is 4.46. The molecule has 7 nitrogen and oxygen atoms in total. The number of carbonyl (C=O) groups excluding carboxylic acids is 1. The van der Waals surface area contributed by atoms with E-state index in [-0.39, 0.29) is 23.6 Å². The number of amides is 1. The van der Waals surface area contributed by atoms with E-state index < -0.39 is 17.5 Å². The maximum absolute atomic E-state index is 14.1. The molecule has 0 radical (unpaired) electrons. The minimum atomic E-state index is -1.50. The second kappa shape index (κ2) is 9.49. The number of benzene rings is 2. The highest BCUT2D eigenvalue weighted by Crippen LogP contribution is 2.41. The smallest absolute Gasteiger partial charge is 0.255 e. The van der Waals surface area contributed by atoms with Crippen LogP contribution in [0.3, 0.4) is 0 Å². The molecule has 1 aliphatic heterocycles. The molecule has 5 rings (SSSR count). The third-order valence-electron chi connectivity index (χ3n) is 7.24. The SMILES string of the molecule is CCC1Cc2c(nn(C)c2-c2cc(F)c(F)c(F)c2)C(CC)N1C(=O)c1cccc(-n2cnnc2)c1C. The number of rotatable bonds is 5. The van der Waals surface area contributed by atoms with Gasteiger partial charge in [0.1, 0.15) is 12.7 Å². The highest BCUT2D eigenvalue weighted by molar-refractivity contribution is 5.97. The van der Waals surface area contributed by atoms with E-state index in [1.54, 1.807) is 29.0 Å². The molecular formula is C27H27F3N6O. The Kier molecular flexibility index (Phi) is 6.35. The summed E-state index contributed by atoms with van der Waals surface area (Å²) in [5.74, 6) is -4.11. The molecule has 0 saturated heterocycles. The first-order valence-electron chi connectivity index (χ1n) is 12.2. The zero-order valence-corrected chi connectivity index (χ0v) is 21.0. The lowest BCUT2D eigenvalue weighted by molar-refractivity contribution is 0.0512. The van der Waals surface area contributed by atoms with E-state index in [2.05, 4.69) is 10.2 Å². The van der Waals surface area contributed by atoms with Gasteiger partial charge in [0, 0.05) is 29.8 Å². The first-order valence-corrected chi connectivity index (χ1v) is 12.2. The lowest BCUT2D eigenvalue weighted by Crippen LogP contribution is -2.47. The average molecular weight is 509 g/mol. The molecular weight excluding hydrogens is 481 g/mol. The van der Waals surface area contributed by atoms with Gasteiger partial charge in [-0.3, -0.25) is 14.0 Å². The summed E-state index contributed by atoms with van der Waals surface area (Å²) < 4.78 is 45.2. The number of aromatic nitrogens is 5. The van der Waals surface area contributed by atoms with Gasteiger partial charge >= 0.3 is 0 Å². The Morgan fingerprint density at radius 2 is 1.73 bits per heavy atom. The normalized spacial score (nSPS) is 17.2. The molecule has 3 heterocycles. The van der Waals surface area contributed by atoms with Crippen LogP contribution in [-0.2, 0) is 13.5 Å². The summed E-state index contributed by atoms with van der Waals surface area (Å²) >= 11 is 0. The molecule has 2 aromatic carbocycles. The van der Waals surface area contributed by atoms with Crippen LogP contribution in [0.15, 0.2) is 43.0 Å². The summed E-state index contributed by atoms with van der Waals surface area (Å²) in [6.45, 7) is 5.89.